The van der Waals surface area contributed by atoms with Gasteiger partial charge in [0.15, 0.2) is 11.5 Å². The van der Waals surface area contributed by atoms with Crippen LogP contribution in [0, 0.1) is 5.92 Å². The number of hydrogen-bond acceptors (Lipinski definition) is 6. The lowest BCUT2D eigenvalue weighted by molar-refractivity contribution is -0.150. The Morgan fingerprint density at radius 3 is 2.44 bits per heavy atom. The van der Waals surface area contributed by atoms with Crippen molar-refractivity contribution in [3.8, 4) is 0 Å². The van der Waals surface area contributed by atoms with E-state index in [9.17, 15) is 9.59 Å². The van der Waals surface area contributed by atoms with E-state index in [2.05, 4.69) is 27.3 Å². The molecule has 7 nitrogen and oxygen atoms in total. The van der Waals surface area contributed by atoms with E-state index < -0.39 is 5.54 Å². The van der Waals surface area contributed by atoms with Crippen LogP contribution < -0.4 is 10.2 Å². The van der Waals surface area contributed by atoms with E-state index in [-0.39, 0.29) is 17.6 Å². The zero-order valence-corrected chi connectivity index (χ0v) is 15.0. The highest BCUT2D eigenvalue weighted by atomic mass is 16.5. The first-order valence-electron chi connectivity index (χ1n) is 9.04. The van der Waals surface area contributed by atoms with Crippen molar-refractivity contribution >= 4 is 17.7 Å². The highest BCUT2D eigenvalue weighted by molar-refractivity contribution is 5.96. The van der Waals surface area contributed by atoms with E-state index in [1.54, 1.807) is 6.07 Å². The lowest BCUT2D eigenvalue weighted by Crippen LogP contribution is -2.56. The van der Waals surface area contributed by atoms with Gasteiger partial charge in [-0.3, -0.25) is 4.79 Å². The first-order valence-corrected chi connectivity index (χ1v) is 9.04. The Balaban J connectivity index is 1.71. The second-order valence-electron chi connectivity index (χ2n) is 7.18. The fourth-order valence-electron chi connectivity index (χ4n) is 3.67. The number of esters is 1. The highest BCUT2D eigenvalue weighted by Crippen LogP contribution is 2.33. The monoisotopic (exact) mass is 346 g/mol. The van der Waals surface area contributed by atoms with Crippen molar-refractivity contribution < 1.29 is 14.3 Å². The summed E-state index contributed by atoms with van der Waals surface area (Å²) < 4.78 is 4.96. The number of carbonyl (C=O) groups is 2. The molecule has 1 saturated heterocycles. The fraction of sp³-hybridized carbons (Fsp3) is 0.667. The number of carbonyl (C=O) groups excluding carboxylic acids is 2. The third kappa shape index (κ3) is 3.75. The molecular formula is C18H26N4O3. The van der Waals surface area contributed by atoms with Gasteiger partial charge in [-0.1, -0.05) is 6.92 Å². The third-order valence-electron chi connectivity index (χ3n) is 5.37. The van der Waals surface area contributed by atoms with Gasteiger partial charge in [0.05, 0.1) is 7.11 Å². The first-order chi connectivity index (χ1) is 12.0. The fourth-order valence-corrected chi connectivity index (χ4v) is 3.67. The average Bonchev–Trinajstić information content (AvgIpc) is 3.18. The van der Waals surface area contributed by atoms with Gasteiger partial charge in [-0.2, -0.15) is 0 Å². The topological polar surface area (TPSA) is 84.4 Å². The van der Waals surface area contributed by atoms with Crippen molar-refractivity contribution in [3.05, 3.63) is 17.8 Å². The number of nitrogens with one attached hydrogen (secondary N) is 1. The minimum atomic E-state index is -0.951. The molecule has 0 radical (unpaired) electrons. The molecule has 2 aliphatic rings. The zero-order valence-electron chi connectivity index (χ0n) is 15.0. The Hall–Kier alpha value is -2.18. The highest BCUT2D eigenvalue weighted by Gasteiger charge is 2.43. The lowest BCUT2D eigenvalue weighted by atomic mass is 9.77. The van der Waals surface area contributed by atoms with Crippen LogP contribution in [0.5, 0.6) is 0 Å². The van der Waals surface area contributed by atoms with Gasteiger partial charge in [0.1, 0.15) is 5.54 Å². The van der Waals surface area contributed by atoms with Gasteiger partial charge in [-0.15, -0.1) is 10.2 Å². The van der Waals surface area contributed by atoms with Crippen molar-refractivity contribution in [2.24, 2.45) is 5.92 Å². The van der Waals surface area contributed by atoms with Crippen molar-refractivity contribution in [1.82, 2.24) is 15.5 Å². The molecule has 1 amide bonds. The number of rotatable bonds is 4. The van der Waals surface area contributed by atoms with E-state index in [1.807, 2.05) is 6.07 Å². The minimum Gasteiger partial charge on any atom is -0.467 e. The van der Waals surface area contributed by atoms with Crippen molar-refractivity contribution in [2.45, 2.75) is 51.0 Å². The summed E-state index contributed by atoms with van der Waals surface area (Å²) in [6, 6.07) is 3.49. The maximum absolute atomic E-state index is 12.6. The van der Waals surface area contributed by atoms with Gasteiger partial charge in [0.25, 0.3) is 5.91 Å². The average molecular weight is 346 g/mol. The van der Waals surface area contributed by atoms with E-state index in [0.717, 1.165) is 44.6 Å². The lowest BCUT2D eigenvalue weighted by Gasteiger charge is -2.37. The molecule has 1 aromatic heterocycles. The molecule has 0 aromatic carbocycles. The van der Waals surface area contributed by atoms with E-state index >= 15 is 0 Å². The molecule has 2 fully saturated rings. The molecule has 136 valence electrons. The molecule has 1 aromatic rings. The number of methoxy groups -OCH3 is 1. The molecule has 1 aliphatic carbocycles. The first kappa shape index (κ1) is 17.6. The van der Waals surface area contributed by atoms with Gasteiger partial charge in [-0.05, 0) is 56.6 Å². The molecule has 7 heteroatoms. The van der Waals surface area contributed by atoms with E-state index in [0.29, 0.717) is 18.8 Å². The number of amides is 1. The van der Waals surface area contributed by atoms with Gasteiger partial charge in [-0.25, -0.2) is 4.79 Å². The van der Waals surface area contributed by atoms with E-state index in [1.165, 1.54) is 7.11 Å². The minimum absolute atomic E-state index is 0.227. The number of ether oxygens (including phenoxy) is 1. The molecule has 1 aliphatic heterocycles. The molecule has 3 rings (SSSR count). The largest absolute Gasteiger partial charge is 0.467 e. The summed E-state index contributed by atoms with van der Waals surface area (Å²) in [5.41, 5.74) is -0.724. The normalized spacial score (nSPS) is 26.3. The van der Waals surface area contributed by atoms with Crippen LogP contribution in [0.4, 0.5) is 5.82 Å². The van der Waals surface area contributed by atoms with Crippen molar-refractivity contribution in [1.29, 1.82) is 0 Å². The van der Waals surface area contributed by atoms with E-state index in [4.69, 9.17) is 4.74 Å². The predicted octanol–water partition coefficient (Wildman–Crippen LogP) is 1.93. The molecule has 0 spiro atoms. The second-order valence-corrected chi connectivity index (χ2v) is 7.18. The maximum Gasteiger partial charge on any atom is 0.331 e. The molecular weight excluding hydrogens is 320 g/mol. The molecule has 1 saturated carbocycles. The molecule has 1 N–H and O–H groups in total. The van der Waals surface area contributed by atoms with Crippen LogP contribution in [0.3, 0.4) is 0 Å². The molecule has 25 heavy (non-hydrogen) atoms. The van der Waals surface area contributed by atoms with Crippen molar-refractivity contribution in [3.63, 3.8) is 0 Å². The maximum atomic E-state index is 12.6. The Morgan fingerprint density at radius 2 is 1.88 bits per heavy atom. The van der Waals surface area contributed by atoms with Crippen LogP contribution >= 0.6 is 0 Å². The van der Waals surface area contributed by atoms with Gasteiger partial charge in [0.2, 0.25) is 0 Å². The Kier molecular flexibility index (Phi) is 5.20. The van der Waals surface area contributed by atoms with Gasteiger partial charge >= 0.3 is 5.97 Å². The second kappa shape index (κ2) is 7.37. The summed E-state index contributed by atoms with van der Waals surface area (Å²) >= 11 is 0. The van der Waals surface area contributed by atoms with Crippen LogP contribution in [0.25, 0.3) is 0 Å². The Morgan fingerprint density at radius 1 is 1.20 bits per heavy atom. The number of aromatic nitrogens is 2. The van der Waals surface area contributed by atoms with Crippen LogP contribution in [-0.4, -0.2) is 47.8 Å². The smallest absolute Gasteiger partial charge is 0.331 e. The molecule has 0 bridgehead atoms. The Bertz CT molecular complexity index is 618. The number of hydrogen-bond donors (Lipinski definition) is 1. The Labute approximate surface area is 148 Å². The predicted molar refractivity (Wildman–Crippen MR) is 93.3 cm³/mol. The summed E-state index contributed by atoms with van der Waals surface area (Å²) in [4.78, 5) is 27.1. The van der Waals surface area contributed by atoms with Crippen molar-refractivity contribution in [2.75, 3.05) is 25.1 Å². The van der Waals surface area contributed by atoms with Gasteiger partial charge < -0.3 is 15.0 Å². The third-order valence-corrected chi connectivity index (χ3v) is 5.37. The molecule has 0 unspecified atom stereocenters. The molecule has 2 heterocycles. The van der Waals surface area contributed by atoms with Gasteiger partial charge in [0, 0.05) is 13.1 Å². The standard InChI is InChI=1S/C18H26N4O3/c1-13-7-9-18(10-8-13,17(24)25-2)19-16(23)14-5-6-15(21-20-14)22-11-3-4-12-22/h5-6,13H,3-4,7-12H2,1-2H3,(H,19,23). The number of anilines is 1. The summed E-state index contributed by atoms with van der Waals surface area (Å²) in [5, 5.41) is 11.1. The summed E-state index contributed by atoms with van der Waals surface area (Å²) in [5.74, 6) is 0.590. The van der Waals surface area contributed by atoms with Crippen LogP contribution in [0.2, 0.25) is 0 Å². The zero-order chi connectivity index (χ0) is 17.9. The summed E-state index contributed by atoms with van der Waals surface area (Å²) in [6.07, 6.45) is 5.26. The SMILES string of the molecule is COC(=O)C1(NC(=O)c2ccc(N3CCCC3)nn2)CCC(C)CC1. The molecule has 0 atom stereocenters. The quantitative estimate of drug-likeness (QED) is 0.839. The summed E-state index contributed by atoms with van der Waals surface area (Å²) in [6.45, 7) is 4.11. The summed E-state index contributed by atoms with van der Waals surface area (Å²) in [7, 11) is 1.36. The van der Waals surface area contributed by atoms with Crippen LogP contribution in [0.1, 0.15) is 55.9 Å². The van der Waals surface area contributed by atoms with Crippen LogP contribution in [0.15, 0.2) is 12.1 Å². The van der Waals surface area contributed by atoms with Crippen LogP contribution in [-0.2, 0) is 9.53 Å². The number of nitrogens with zero attached hydrogens (tertiary/aromatic N) is 3.